The SMILES string of the molecule is CCOC1CC(Nc2ccc(N)cc2S(N)(=O)=O)C1(C)C. The summed E-state index contributed by atoms with van der Waals surface area (Å²) in [6.45, 7) is 6.84. The second-order valence-electron chi connectivity index (χ2n) is 6.00. The van der Waals surface area contributed by atoms with E-state index in [1.165, 1.54) is 6.07 Å². The van der Waals surface area contributed by atoms with Gasteiger partial charge in [-0.15, -0.1) is 0 Å². The van der Waals surface area contributed by atoms with Gasteiger partial charge in [0.05, 0.1) is 11.8 Å². The van der Waals surface area contributed by atoms with Crippen molar-refractivity contribution in [3.63, 3.8) is 0 Å². The number of anilines is 2. The Hall–Kier alpha value is -1.31. The third kappa shape index (κ3) is 3.14. The Labute approximate surface area is 125 Å². The van der Waals surface area contributed by atoms with Gasteiger partial charge < -0.3 is 15.8 Å². The Kier molecular flexibility index (Phi) is 4.19. The summed E-state index contributed by atoms with van der Waals surface area (Å²) in [7, 11) is -3.82. The maximum Gasteiger partial charge on any atom is 0.240 e. The Balaban J connectivity index is 2.22. The lowest BCUT2D eigenvalue weighted by Crippen LogP contribution is -2.58. The van der Waals surface area contributed by atoms with Crippen LogP contribution in [0.2, 0.25) is 0 Å². The molecule has 0 aromatic heterocycles. The highest BCUT2D eigenvalue weighted by Crippen LogP contribution is 2.44. The molecule has 118 valence electrons. The molecule has 6 nitrogen and oxygen atoms in total. The average molecular weight is 313 g/mol. The fraction of sp³-hybridized carbons (Fsp3) is 0.571. The first-order valence-corrected chi connectivity index (χ1v) is 8.51. The van der Waals surface area contributed by atoms with Gasteiger partial charge in [-0.1, -0.05) is 13.8 Å². The van der Waals surface area contributed by atoms with Gasteiger partial charge in [0.2, 0.25) is 10.0 Å². The Morgan fingerprint density at radius 2 is 2.10 bits per heavy atom. The fourth-order valence-electron chi connectivity index (χ4n) is 2.70. The summed E-state index contributed by atoms with van der Waals surface area (Å²) in [6, 6.07) is 4.81. The molecule has 21 heavy (non-hydrogen) atoms. The summed E-state index contributed by atoms with van der Waals surface area (Å²) in [5, 5.41) is 8.52. The highest BCUT2D eigenvalue weighted by atomic mass is 32.2. The van der Waals surface area contributed by atoms with E-state index in [2.05, 4.69) is 19.2 Å². The van der Waals surface area contributed by atoms with Crippen LogP contribution in [0.15, 0.2) is 23.1 Å². The van der Waals surface area contributed by atoms with E-state index in [0.717, 1.165) is 6.42 Å². The molecule has 1 aliphatic carbocycles. The Morgan fingerprint density at radius 1 is 1.43 bits per heavy atom. The van der Waals surface area contributed by atoms with Gasteiger partial charge in [-0.2, -0.15) is 0 Å². The molecule has 0 saturated heterocycles. The topological polar surface area (TPSA) is 107 Å². The number of nitrogens with two attached hydrogens (primary N) is 2. The van der Waals surface area contributed by atoms with E-state index in [0.29, 0.717) is 18.0 Å². The van der Waals surface area contributed by atoms with Crippen molar-refractivity contribution >= 4 is 21.4 Å². The summed E-state index contributed by atoms with van der Waals surface area (Å²) in [5.74, 6) is 0. The molecule has 1 aromatic carbocycles. The van der Waals surface area contributed by atoms with E-state index >= 15 is 0 Å². The van der Waals surface area contributed by atoms with Crippen LogP contribution >= 0.6 is 0 Å². The van der Waals surface area contributed by atoms with Gasteiger partial charge in [0, 0.05) is 23.8 Å². The molecular weight excluding hydrogens is 290 g/mol. The van der Waals surface area contributed by atoms with Crippen LogP contribution in [0.5, 0.6) is 0 Å². The van der Waals surface area contributed by atoms with Crippen molar-refractivity contribution in [1.29, 1.82) is 0 Å². The molecule has 0 amide bonds. The van der Waals surface area contributed by atoms with Crippen LogP contribution in [0.4, 0.5) is 11.4 Å². The predicted octanol–water partition coefficient (Wildman–Crippen LogP) is 1.53. The van der Waals surface area contributed by atoms with Crippen LogP contribution in [-0.2, 0) is 14.8 Å². The van der Waals surface area contributed by atoms with Crippen molar-refractivity contribution in [2.75, 3.05) is 17.7 Å². The minimum atomic E-state index is -3.82. The third-order valence-electron chi connectivity index (χ3n) is 4.19. The quantitative estimate of drug-likeness (QED) is 0.715. The van der Waals surface area contributed by atoms with Crippen LogP contribution in [0.1, 0.15) is 27.2 Å². The molecule has 1 aliphatic rings. The number of ether oxygens (including phenoxy) is 1. The molecule has 2 atom stereocenters. The lowest BCUT2D eigenvalue weighted by Gasteiger charge is -2.52. The number of nitrogens with one attached hydrogen (secondary N) is 1. The van der Waals surface area contributed by atoms with E-state index in [1.54, 1.807) is 12.1 Å². The maximum absolute atomic E-state index is 11.7. The second kappa shape index (κ2) is 5.47. The minimum absolute atomic E-state index is 0.0261. The number of benzene rings is 1. The van der Waals surface area contributed by atoms with Crippen molar-refractivity contribution in [2.45, 2.75) is 44.2 Å². The second-order valence-corrected chi connectivity index (χ2v) is 7.53. The minimum Gasteiger partial charge on any atom is -0.399 e. The molecule has 1 fully saturated rings. The average Bonchev–Trinajstić information content (AvgIpc) is 2.38. The zero-order valence-electron chi connectivity index (χ0n) is 12.6. The molecule has 7 heteroatoms. The van der Waals surface area contributed by atoms with Crippen LogP contribution in [0.25, 0.3) is 0 Å². The van der Waals surface area contributed by atoms with Crippen molar-refractivity contribution in [3.05, 3.63) is 18.2 Å². The molecule has 5 N–H and O–H groups in total. The number of primary sulfonamides is 1. The van der Waals surface area contributed by atoms with Gasteiger partial charge in [-0.05, 0) is 31.5 Å². The van der Waals surface area contributed by atoms with Gasteiger partial charge in [-0.3, -0.25) is 0 Å². The normalized spacial score (nSPS) is 24.4. The summed E-state index contributed by atoms with van der Waals surface area (Å²) in [5.41, 5.74) is 6.42. The van der Waals surface area contributed by atoms with Crippen molar-refractivity contribution in [1.82, 2.24) is 0 Å². The molecule has 0 radical (unpaired) electrons. The Bertz CT molecular complexity index is 628. The highest BCUT2D eigenvalue weighted by Gasteiger charge is 2.49. The lowest BCUT2D eigenvalue weighted by molar-refractivity contribution is -0.0976. The van der Waals surface area contributed by atoms with E-state index < -0.39 is 10.0 Å². The molecule has 2 unspecified atom stereocenters. The van der Waals surface area contributed by atoms with Gasteiger partial charge >= 0.3 is 0 Å². The summed E-state index contributed by atoms with van der Waals surface area (Å²) in [6.07, 6.45) is 1.00. The summed E-state index contributed by atoms with van der Waals surface area (Å²) < 4.78 is 29.0. The molecule has 1 aromatic rings. The lowest BCUT2D eigenvalue weighted by atomic mass is 9.64. The van der Waals surface area contributed by atoms with Gasteiger partial charge in [0.25, 0.3) is 0 Å². The largest absolute Gasteiger partial charge is 0.399 e. The molecule has 1 saturated carbocycles. The van der Waals surface area contributed by atoms with E-state index in [9.17, 15) is 8.42 Å². The molecular formula is C14H23N3O3S. The fourth-order valence-corrected chi connectivity index (χ4v) is 3.43. The number of nitrogen functional groups attached to an aromatic ring is 1. The number of hydrogen-bond acceptors (Lipinski definition) is 5. The van der Waals surface area contributed by atoms with Gasteiger partial charge in [0.15, 0.2) is 0 Å². The van der Waals surface area contributed by atoms with E-state index in [4.69, 9.17) is 15.6 Å². The molecule has 2 rings (SSSR count). The van der Waals surface area contributed by atoms with Gasteiger partial charge in [0.1, 0.15) is 4.90 Å². The van der Waals surface area contributed by atoms with E-state index in [1.807, 2.05) is 6.92 Å². The van der Waals surface area contributed by atoms with Crippen LogP contribution in [0, 0.1) is 5.41 Å². The number of rotatable bonds is 5. The van der Waals surface area contributed by atoms with Crippen LogP contribution < -0.4 is 16.2 Å². The smallest absolute Gasteiger partial charge is 0.240 e. The summed E-state index contributed by atoms with van der Waals surface area (Å²) >= 11 is 0. The molecule has 0 spiro atoms. The highest BCUT2D eigenvalue weighted by molar-refractivity contribution is 7.89. The van der Waals surface area contributed by atoms with Gasteiger partial charge in [-0.25, -0.2) is 13.6 Å². The molecule has 0 heterocycles. The zero-order valence-corrected chi connectivity index (χ0v) is 13.4. The Morgan fingerprint density at radius 3 is 2.62 bits per heavy atom. The zero-order chi connectivity index (χ0) is 15.8. The number of hydrogen-bond donors (Lipinski definition) is 3. The maximum atomic E-state index is 11.7. The monoisotopic (exact) mass is 313 g/mol. The first kappa shape index (κ1) is 16.1. The van der Waals surface area contributed by atoms with Crippen LogP contribution in [0.3, 0.4) is 0 Å². The first-order chi connectivity index (χ1) is 9.66. The standard InChI is InChI=1S/C14H23N3O3S/c1-4-20-13-8-12(14(13,2)3)17-10-6-5-9(15)7-11(10)21(16,18)19/h5-7,12-13,17H,4,8,15H2,1-3H3,(H2,16,18,19). The number of sulfonamides is 1. The first-order valence-electron chi connectivity index (χ1n) is 6.96. The molecule has 0 bridgehead atoms. The third-order valence-corrected chi connectivity index (χ3v) is 5.14. The van der Waals surface area contributed by atoms with E-state index in [-0.39, 0.29) is 22.5 Å². The molecule has 0 aliphatic heterocycles. The van der Waals surface area contributed by atoms with Crippen molar-refractivity contribution in [2.24, 2.45) is 10.6 Å². The predicted molar refractivity (Wildman–Crippen MR) is 83.5 cm³/mol. The summed E-state index contributed by atoms with van der Waals surface area (Å²) in [4.78, 5) is 0.0261. The van der Waals surface area contributed by atoms with Crippen LogP contribution in [-0.4, -0.2) is 27.2 Å². The van der Waals surface area contributed by atoms with Crippen molar-refractivity contribution in [3.8, 4) is 0 Å². The van der Waals surface area contributed by atoms with Crippen molar-refractivity contribution < 1.29 is 13.2 Å².